The third-order valence-electron chi connectivity index (χ3n) is 4.05. The summed E-state index contributed by atoms with van der Waals surface area (Å²) in [5.41, 5.74) is 0.491. The van der Waals surface area contributed by atoms with Crippen LogP contribution in [0, 0.1) is 11.7 Å². The van der Waals surface area contributed by atoms with Crippen molar-refractivity contribution in [2.45, 2.75) is 32.1 Å². The van der Waals surface area contributed by atoms with Crippen molar-refractivity contribution in [2.24, 2.45) is 5.92 Å². The number of ether oxygens (including phenoxy) is 1. The maximum atomic E-state index is 13.9. The number of hydrogen-bond donors (Lipinski definition) is 3. The zero-order valence-corrected chi connectivity index (χ0v) is 13.9. The number of halogens is 1. The van der Waals surface area contributed by atoms with Gasteiger partial charge in [-0.1, -0.05) is 19.3 Å². The first-order valence-corrected chi connectivity index (χ1v) is 8.24. The Morgan fingerprint density at radius 3 is 2.67 bits per heavy atom. The van der Waals surface area contributed by atoms with Gasteiger partial charge in [-0.25, -0.2) is 9.18 Å². The highest BCUT2D eigenvalue weighted by molar-refractivity contribution is 5.94. The summed E-state index contributed by atoms with van der Waals surface area (Å²) in [4.78, 5) is 23.9. The first kappa shape index (κ1) is 18.2. The molecule has 3 N–H and O–H groups in total. The van der Waals surface area contributed by atoms with Gasteiger partial charge < -0.3 is 20.7 Å². The van der Waals surface area contributed by atoms with E-state index < -0.39 is 11.8 Å². The van der Waals surface area contributed by atoms with Crippen molar-refractivity contribution in [2.75, 3.05) is 30.9 Å². The van der Waals surface area contributed by atoms with Crippen molar-refractivity contribution in [1.29, 1.82) is 0 Å². The first-order chi connectivity index (χ1) is 11.6. The predicted octanol–water partition coefficient (Wildman–Crippen LogP) is 3.11. The number of nitrogens with one attached hydrogen (secondary N) is 3. The van der Waals surface area contributed by atoms with Gasteiger partial charge in [-0.2, -0.15) is 0 Å². The Labute approximate surface area is 141 Å². The summed E-state index contributed by atoms with van der Waals surface area (Å²) in [7, 11) is 1.54. The Bertz CT molecular complexity index is 574. The molecule has 1 aromatic carbocycles. The van der Waals surface area contributed by atoms with Crippen LogP contribution in [0.1, 0.15) is 32.1 Å². The highest BCUT2D eigenvalue weighted by Gasteiger charge is 2.22. The zero-order chi connectivity index (χ0) is 17.4. The average Bonchev–Trinajstić information content (AvgIpc) is 2.59. The van der Waals surface area contributed by atoms with Gasteiger partial charge in [0.15, 0.2) is 0 Å². The monoisotopic (exact) mass is 337 g/mol. The van der Waals surface area contributed by atoms with Crippen LogP contribution in [0.4, 0.5) is 20.6 Å². The van der Waals surface area contributed by atoms with Gasteiger partial charge in [-0.3, -0.25) is 4.79 Å². The van der Waals surface area contributed by atoms with Crippen molar-refractivity contribution >= 4 is 23.3 Å². The number of rotatable bonds is 6. The molecule has 1 aliphatic carbocycles. The zero-order valence-electron chi connectivity index (χ0n) is 13.9. The lowest BCUT2D eigenvalue weighted by Crippen LogP contribution is -2.31. The number of carbonyl (C=O) groups is 2. The number of benzene rings is 1. The smallest absolute Gasteiger partial charge is 0.319 e. The fourth-order valence-electron chi connectivity index (χ4n) is 2.74. The fraction of sp³-hybridized carbons (Fsp3) is 0.529. The summed E-state index contributed by atoms with van der Waals surface area (Å²) in [6, 6.07) is 3.68. The van der Waals surface area contributed by atoms with Crippen LogP contribution in [0.3, 0.4) is 0 Å². The minimum atomic E-state index is -0.524. The van der Waals surface area contributed by atoms with E-state index in [0.717, 1.165) is 32.1 Å². The molecule has 0 heterocycles. The van der Waals surface area contributed by atoms with E-state index in [-0.39, 0.29) is 17.5 Å². The molecule has 1 fully saturated rings. The molecule has 1 aliphatic rings. The van der Waals surface area contributed by atoms with Gasteiger partial charge in [0.05, 0.1) is 12.3 Å². The number of methoxy groups -OCH3 is 1. The van der Waals surface area contributed by atoms with Gasteiger partial charge in [0, 0.05) is 25.3 Å². The summed E-state index contributed by atoms with van der Waals surface area (Å²) in [6.45, 7) is 0.772. The van der Waals surface area contributed by atoms with Crippen LogP contribution < -0.4 is 16.0 Å². The van der Waals surface area contributed by atoms with Crippen LogP contribution in [0.5, 0.6) is 0 Å². The minimum Gasteiger partial charge on any atom is -0.383 e. The van der Waals surface area contributed by atoms with Crippen molar-refractivity contribution in [3.05, 3.63) is 24.0 Å². The van der Waals surface area contributed by atoms with E-state index in [4.69, 9.17) is 4.74 Å². The summed E-state index contributed by atoms with van der Waals surface area (Å²) in [5.74, 6) is -0.744. The van der Waals surface area contributed by atoms with Crippen LogP contribution in [0.25, 0.3) is 0 Å². The molecule has 2 rings (SSSR count). The van der Waals surface area contributed by atoms with E-state index >= 15 is 0 Å². The molecule has 6 nitrogen and oxygen atoms in total. The topological polar surface area (TPSA) is 79.5 Å². The van der Waals surface area contributed by atoms with E-state index in [1.165, 1.54) is 18.2 Å². The molecule has 0 unspecified atom stereocenters. The van der Waals surface area contributed by atoms with E-state index in [1.54, 1.807) is 7.11 Å². The molecule has 0 aromatic heterocycles. The number of hydrogen-bond acceptors (Lipinski definition) is 3. The lowest BCUT2D eigenvalue weighted by Gasteiger charge is -2.21. The van der Waals surface area contributed by atoms with Crippen LogP contribution in [0.2, 0.25) is 0 Å². The molecule has 0 radical (unpaired) electrons. The number of urea groups is 1. The van der Waals surface area contributed by atoms with E-state index in [1.807, 2.05) is 0 Å². The maximum Gasteiger partial charge on any atom is 0.319 e. The second-order valence-corrected chi connectivity index (χ2v) is 5.89. The summed E-state index contributed by atoms with van der Waals surface area (Å²) < 4.78 is 18.8. The largest absolute Gasteiger partial charge is 0.383 e. The fourth-order valence-corrected chi connectivity index (χ4v) is 2.74. The second-order valence-electron chi connectivity index (χ2n) is 5.89. The SMILES string of the molecule is COCCNC(=O)Nc1ccc(F)c(NC(=O)C2CCCCC2)c1. The van der Waals surface area contributed by atoms with Gasteiger partial charge in [0.25, 0.3) is 0 Å². The van der Waals surface area contributed by atoms with Crippen LogP contribution >= 0.6 is 0 Å². The Kier molecular flexibility index (Phi) is 6.99. The Balaban J connectivity index is 1.94. The molecule has 7 heteroatoms. The Morgan fingerprint density at radius 1 is 1.21 bits per heavy atom. The third-order valence-corrected chi connectivity index (χ3v) is 4.05. The van der Waals surface area contributed by atoms with Crippen molar-refractivity contribution in [1.82, 2.24) is 5.32 Å². The minimum absolute atomic E-state index is 0.0629. The molecule has 0 bridgehead atoms. The molecule has 0 aliphatic heterocycles. The van der Waals surface area contributed by atoms with Crippen molar-refractivity contribution in [3.63, 3.8) is 0 Å². The molecule has 1 saturated carbocycles. The number of carbonyl (C=O) groups excluding carboxylic acids is 2. The van der Waals surface area contributed by atoms with E-state index in [9.17, 15) is 14.0 Å². The molecule has 0 saturated heterocycles. The lowest BCUT2D eigenvalue weighted by molar-refractivity contribution is -0.120. The van der Waals surface area contributed by atoms with E-state index in [2.05, 4.69) is 16.0 Å². The van der Waals surface area contributed by atoms with E-state index in [0.29, 0.717) is 18.8 Å². The molecular formula is C17H24FN3O3. The molecule has 0 atom stereocenters. The molecule has 24 heavy (non-hydrogen) atoms. The van der Waals surface area contributed by atoms with Gasteiger partial charge in [0.1, 0.15) is 5.82 Å². The van der Waals surface area contributed by atoms with Gasteiger partial charge in [0.2, 0.25) is 5.91 Å². The lowest BCUT2D eigenvalue weighted by atomic mass is 9.88. The molecule has 3 amide bonds. The van der Waals surface area contributed by atoms with Crippen LogP contribution in [-0.4, -0.2) is 32.2 Å². The Morgan fingerprint density at radius 2 is 1.96 bits per heavy atom. The highest BCUT2D eigenvalue weighted by Crippen LogP contribution is 2.26. The van der Waals surface area contributed by atoms with Gasteiger partial charge >= 0.3 is 6.03 Å². The standard InChI is InChI=1S/C17H24FN3O3/c1-24-10-9-19-17(23)20-13-7-8-14(18)15(11-13)21-16(22)12-5-3-2-4-6-12/h7-8,11-12H,2-6,9-10H2,1H3,(H,21,22)(H2,19,20,23). The van der Waals surface area contributed by atoms with Gasteiger partial charge in [-0.15, -0.1) is 0 Å². The predicted molar refractivity (Wildman–Crippen MR) is 90.5 cm³/mol. The highest BCUT2D eigenvalue weighted by atomic mass is 19.1. The average molecular weight is 337 g/mol. The molecular weight excluding hydrogens is 313 g/mol. The maximum absolute atomic E-state index is 13.9. The number of anilines is 2. The first-order valence-electron chi connectivity index (χ1n) is 8.24. The summed E-state index contributed by atoms with van der Waals surface area (Å²) in [6.07, 6.45) is 4.89. The van der Waals surface area contributed by atoms with Gasteiger partial charge in [-0.05, 0) is 31.0 Å². The quantitative estimate of drug-likeness (QED) is 0.698. The number of amides is 3. The normalized spacial score (nSPS) is 14.9. The molecule has 1 aromatic rings. The summed E-state index contributed by atoms with van der Waals surface area (Å²) in [5, 5.41) is 7.84. The van der Waals surface area contributed by atoms with Crippen molar-refractivity contribution < 1.29 is 18.7 Å². The molecule has 0 spiro atoms. The van der Waals surface area contributed by atoms with Crippen LogP contribution in [-0.2, 0) is 9.53 Å². The van der Waals surface area contributed by atoms with Crippen molar-refractivity contribution in [3.8, 4) is 0 Å². The summed E-state index contributed by atoms with van der Waals surface area (Å²) >= 11 is 0. The van der Waals surface area contributed by atoms with Crippen LogP contribution in [0.15, 0.2) is 18.2 Å². The second kappa shape index (κ2) is 9.22. The Hall–Kier alpha value is -2.15. The third kappa shape index (κ3) is 5.49. The molecule has 132 valence electrons.